The summed E-state index contributed by atoms with van der Waals surface area (Å²) in [5.41, 5.74) is 0. The van der Waals surface area contributed by atoms with E-state index in [1.807, 2.05) is 24.3 Å². The van der Waals surface area contributed by atoms with Crippen molar-refractivity contribution in [2.75, 3.05) is 26.8 Å². The van der Waals surface area contributed by atoms with Crippen molar-refractivity contribution in [3.05, 3.63) is 24.3 Å². The van der Waals surface area contributed by atoms with Crippen LogP contribution in [0.15, 0.2) is 24.3 Å². The maximum Gasteiger partial charge on any atom is 0.119 e. The second-order valence-electron chi connectivity index (χ2n) is 4.88. The lowest BCUT2D eigenvalue weighted by atomic mass is 10.0. The normalized spacial score (nSPS) is 20.2. The second-order valence-corrected chi connectivity index (χ2v) is 4.88. The lowest BCUT2D eigenvalue weighted by Gasteiger charge is -2.14. The molecule has 0 spiro atoms. The van der Waals surface area contributed by atoms with E-state index in [0.29, 0.717) is 0 Å². The quantitative estimate of drug-likeness (QED) is 0.870. The van der Waals surface area contributed by atoms with Crippen LogP contribution in [-0.4, -0.2) is 26.8 Å². The van der Waals surface area contributed by atoms with Gasteiger partial charge in [0.2, 0.25) is 0 Å². The highest BCUT2D eigenvalue weighted by Gasteiger charge is 2.11. The van der Waals surface area contributed by atoms with Crippen LogP contribution in [-0.2, 0) is 0 Å². The standard InChI is InChI=1S/C15H23NO2/c1-17-14-5-7-15(8-6-14)18-11-9-13-4-2-3-10-16-12-13/h5-8,13,16H,2-4,9-12H2,1H3. The summed E-state index contributed by atoms with van der Waals surface area (Å²) < 4.78 is 10.9. The third kappa shape index (κ3) is 4.22. The van der Waals surface area contributed by atoms with Gasteiger partial charge in [-0.05, 0) is 62.5 Å². The molecule has 1 aliphatic heterocycles. The lowest BCUT2D eigenvalue weighted by Crippen LogP contribution is -2.21. The van der Waals surface area contributed by atoms with Crippen LogP contribution in [0.5, 0.6) is 11.5 Å². The van der Waals surface area contributed by atoms with Gasteiger partial charge in [-0.1, -0.05) is 6.42 Å². The van der Waals surface area contributed by atoms with Gasteiger partial charge in [0.05, 0.1) is 13.7 Å². The van der Waals surface area contributed by atoms with Crippen molar-refractivity contribution >= 4 is 0 Å². The van der Waals surface area contributed by atoms with Crippen LogP contribution >= 0.6 is 0 Å². The molecule has 1 fully saturated rings. The van der Waals surface area contributed by atoms with Crippen molar-refractivity contribution in [3.8, 4) is 11.5 Å². The molecule has 1 saturated heterocycles. The van der Waals surface area contributed by atoms with Gasteiger partial charge in [-0.3, -0.25) is 0 Å². The molecule has 0 aromatic heterocycles. The van der Waals surface area contributed by atoms with E-state index in [4.69, 9.17) is 9.47 Å². The molecule has 18 heavy (non-hydrogen) atoms. The summed E-state index contributed by atoms with van der Waals surface area (Å²) in [5.74, 6) is 2.57. The Balaban J connectivity index is 1.70. The van der Waals surface area contributed by atoms with Crippen LogP contribution in [0.1, 0.15) is 25.7 Å². The minimum Gasteiger partial charge on any atom is -0.497 e. The van der Waals surface area contributed by atoms with E-state index in [0.717, 1.165) is 37.0 Å². The van der Waals surface area contributed by atoms with E-state index in [-0.39, 0.29) is 0 Å². The molecule has 1 atom stereocenters. The van der Waals surface area contributed by atoms with E-state index < -0.39 is 0 Å². The summed E-state index contributed by atoms with van der Waals surface area (Å²) in [4.78, 5) is 0. The number of methoxy groups -OCH3 is 1. The highest BCUT2D eigenvalue weighted by molar-refractivity contribution is 5.31. The molecule has 0 bridgehead atoms. The predicted molar refractivity (Wildman–Crippen MR) is 73.3 cm³/mol. The molecule has 0 radical (unpaired) electrons. The van der Waals surface area contributed by atoms with Crippen molar-refractivity contribution in [3.63, 3.8) is 0 Å². The maximum atomic E-state index is 5.77. The minimum absolute atomic E-state index is 0.769. The minimum atomic E-state index is 0.769. The summed E-state index contributed by atoms with van der Waals surface area (Å²) in [6.45, 7) is 3.13. The molecule has 0 amide bonds. The average molecular weight is 249 g/mol. The van der Waals surface area contributed by atoms with Crippen LogP contribution in [0.3, 0.4) is 0 Å². The van der Waals surface area contributed by atoms with Crippen molar-refractivity contribution in [1.82, 2.24) is 5.32 Å². The number of ether oxygens (including phenoxy) is 2. The molecule has 1 unspecified atom stereocenters. The van der Waals surface area contributed by atoms with E-state index in [1.54, 1.807) is 7.11 Å². The van der Waals surface area contributed by atoms with Crippen LogP contribution in [0.4, 0.5) is 0 Å². The third-order valence-corrected chi connectivity index (χ3v) is 3.50. The van der Waals surface area contributed by atoms with Gasteiger partial charge in [-0.25, -0.2) is 0 Å². The molecule has 1 aromatic carbocycles. The van der Waals surface area contributed by atoms with Gasteiger partial charge in [0.15, 0.2) is 0 Å². The number of hydrogen-bond donors (Lipinski definition) is 1. The fraction of sp³-hybridized carbons (Fsp3) is 0.600. The second kappa shape index (κ2) is 7.27. The molecule has 0 aliphatic carbocycles. The van der Waals surface area contributed by atoms with Gasteiger partial charge in [-0.15, -0.1) is 0 Å². The lowest BCUT2D eigenvalue weighted by molar-refractivity contribution is 0.271. The maximum absolute atomic E-state index is 5.77. The fourth-order valence-corrected chi connectivity index (χ4v) is 2.35. The number of benzene rings is 1. The van der Waals surface area contributed by atoms with Crippen LogP contribution in [0, 0.1) is 5.92 Å². The summed E-state index contributed by atoms with van der Waals surface area (Å²) in [6.07, 6.45) is 5.13. The molecule has 0 saturated carbocycles. The number of hydrogen-bond acceptors (Lipinski definition) is 3. The van der Waals surface area contributed by atoms with E-state index in [9.17, 15) is 0 Å². The van der Waals surface area contributed by atoms with Gasteiger partial charge in [0.25, 0.3) is 0 Å². The zero-order valence-corrected chi connectivity index (χ0v) is 11.2. The van der Waals surface area contributed by atoms with Crippen molar-refractivity contribution in [1.29, 1.82) is 0 Å². The molecule has 1 heterocycles. The largest absolute Gasteiger partial charge is 0.497 e. The smallest absolute Gasteiger partial charge is 0.119 e. The third-order valence-electron chi connectivity index (χ3n) is 3.50. The molecule has 3 heteroatoms. The van der Waals surface area contributed by atoms with Crippen molar-refractivity contribution < 1.29 is 9.47 Å². The van der Waals surface area contributed by atoms with E-state index >= 15 is 0 Å². The predicted octanol–water partition coefficient (Wildman–Crippen LogP) is 2.85. The average Bonchev–Trinajstić information content (AvgIpc) is 2.68. The van der Waals surface area contributed by atoms with Crippen molar-refractivity contribution in [2.24, 2.45) is 5.92 Å². The Hall–Kier alpha value is -1.22. The first-order valence-corrected chi connectivity index (χ1v) is 6.86. The first-order valence-electron chi connectivity index (χ1n) is 6.86. The Morgan fingerprint density at radius 3 is 2.72 bits per heavy atom. The van der Waals surface area contributed by atoms with Crippen LogP contribution in [0.25, 0.3) is 0 Å². The van der Waals surface area contributed by atoms with Gasteiger partial charge in [-0.2, -0.15) is 0 Å². The topological polar surface area (TPSA) is 30.5 Å². The molecular formula is C15H23NO2. The monoisotopic (exact) mass is 249 g/mol. The Kier molecular flexibility index (Phi) is 5.34. The van der Waals surface area contributed by atoms with Gasteiger partial charge in [0, 0.05) is 0 Å². The van der Waals surface area contributed by atoms with Crippen molar-refractivity contribution in [2.45, 2.75) is 25.7 Å². The Morgan fingerprint density at radius 1 is 1.17 bits per heavy atom. The Labute approximate surface area is 109 Å². The van der Waals surface area contributed by atoms with E-state index in [2.05, 4.69) is 5.32 Å². The molecule has 1 N–H and O–H groups in total. The van der Waals surface area contributed by atoms with Gasteiger partial charge in [0.1, 0.15) is 11.5 Å². The zero-order valence-electron chi connectivity index (χ0n) is 11.2. The van der Waals surface area contributed by atoms with E-state index in [1.165, 1.54) is 25.8 Å². The molecule has 1 aliphatic rings. The molecule has 100 valence electrons. The molecule has 3 nitrogen and oxygen atoms in total. The first kappa shape index (κ1) is 13.2. The number of rotatable bonds is 5. The van der Waals surface area contributed by atoms with Gasteiger partial charge < -0.3 is 14.8 Å². The van der Waals surface area contributed by atoms with Crippen LogP contribution in [0.2, 0.25) is 0 Å². The summed E-state index contributed by atoms with van der Waals surface area (Å²) in [5, 5.41) is 3.49. The van der Waals surface area contributed by atoms with Crippen LogP contribution < -0.4 is 14.8 Å². The summed E-state index contributed by atoms with van der Waals surface area (Å²) in [7, 11) is 1.68. The summed E-state index contributed by atoms with van der Waals surface area (Å²) in [6, 6.07) is 7.79. The molecular weight excluding hydrogens is 226 g/mol. The highest BCUT2D eigenvalue weighted by Crippen LogP contribution is 2.19. The van der Waals surface area contributed by atoms with Gasteiger partial charge >= 0.3 is 0 Å². The fourth-order valence-electron chi connectivity index (χ4n) is 2.35. The highest BCUT2D eigenvalue weighted by atomic mass is 16.5. The molecule has 1 aromatic rings. The Morgan fingerprint density at radius 2 is 1.94 bits per heavy atom. The zero-order chi connectivity index (χ0) is 12.6. The number of nitrogens with one attached hydrogen (secondary N) is 1. The molecule has 2 rings (SSSR count). The summed E-state index contributed by atoms with van der Waals surface area (Å²) >= 11 is 0. The first-order chi connectivity index (χ1) is 8.88. The Bertz CT molecular complexity index is 329. The SMILES string of the molecule is COc1ccc(OCCC2CCCCNC2)cc1.